The Morgan fingerprint density at radius 1 is 1.11 bits per heavy atom. The van der Waals surface area contributed by atoms with Crippen molar-refractivity contribution in [2.24, 2.45) is 0 Å². The summed E-state index contributed by atoms with van der Waals surface area (Å²) in [5.74, 6) is -1.57. The van der Waals surface area contributed by atoms with E-state index in [4.69, 9.17) is 10.2 Å². The standard InChI is InChI=1S/C6H5O3/c7-4-2-1-3-5(8)6(4)9/h1-3,7-8H. The van der Waals surface area contributed by atoms with Crippen molar-refractivity contribution in [2.45, 2.75) is 0 Å². The molecule has 1 aromatic carbocycles. The number of phenols is 2. The molecule has 3 heteroatoms. The smallest absolute Gasteiger partial charge is 0.261 e. The third-order valence-electron chi connectivity index (χ3n) is 0.973. The summed E-state index contributed by atoms with van der Waals surface area (Å²) >= 11 is 0. The number of hydrogen-bond donors (Lipinski definition) is 2. The number of phenolic OH excluding ortho intramolecular Hbond substituents is 2. The van der Waals surface area contributed by atoms with Crippen LogP contribution in [-0.4, -0.2) is 10.2 Å². The van der Waals surface area contributed by atoms with E-state index in [1.165, 1.54) is 18.2 Å². The average Bonchev–Trinajstić information content (AvgIpc) is 1.83. The third kappa shape index (κ3) is 0.887. The lowest BCUT2D eigenvalue weighted by molar-refractivity contribution is 0.300. The van der Waals surface area contributed by atoms with Gasteiger partial charge in [0, 0.05) is 0 Å². The van der Waals surface area contributed by atoms with Crippen LogP contribution in [-0.2, 0) is 5.11 Å². The number of para-hydroxylation sites is 1. The topological polar surface area (TPSA) is 60.4 Å². The van der Waals surface area contributed by atoms with Gasteiger partial charge >= 0.3 is 0 Å². The minimum absolute atomic E-state index is 0.421. The van der Waals surface area contributed by atoms with E-state index in [0.29, 0.717) is 0 Å². The molecule has 3 nitrogen and oxygen atoms in total. The Labute approximate surface area is 51.8 Å². The lowest BCUT2D eigenvalue weighted by Gasteiger charge is -1.93. The van der Waals surface area contributed by atoms with E-state index < -0.39 is 17.2 Å². The van der Waals surface area contributed by atoms with Crippen LogP contribution in [0.25, 0.3) is 0 Å². The summed E-state index contributed by atoms with van der Waals surface area (Å²) in [6.07, 6.45) is 0. The van der Waals surface area contributed by atoms with Crippen molar-refractivity contribution in [3.63, 3.8) is 0 Å². The van der Waals surface area contributed by atoms with Crippen LogP contribution in [0.2, 0.25) is 0 Å². The monoisotopic (exact) mass is 125 g/mol. The van der Waals surface area contributed by atoms with Gasteiger partial charge in [-0.25, -0.2) is 0 Å². The molecule has 0 aliphatic rings. The van der Waals surface area contributed by atoms with Crippen LogP contribution in [0.5, 0.6) is 17.2 Å². The molecule has 1 rings (SSSR count). The Bertz CT molecular complexity index is 199. The Kier molecular flexibility index (Phi) is 1.18. The SMILES string of the molecule is [O]c1c(O)cccc1O. The molecule has 9 heavy (non-hydrogen) atoms. The van der Waals surface area contributed by atoms with Crippen molar-refractivity contribution in [1.82, 2.24) is 0 Å². The van der Waals surface area contributed by atoms with Crippen molar-refractivity contribution in [3.8, 4) is 17.2 Å². The Morgan fingerprint density at radius 3 is 1.89 bits per heavy atom. The van der Waals surface area contributed by atoms with Gasteiger partial charge in [-0.1, -0.05) is 6.07 Å². The molecule has 1 radical (unpaired) electrons. The highest BCUT2D eigenvalue weighted by atomic mass is 16.3. The fraction of sp³-hybridized carbons (Fsp3) is 0. The molecule has 0 saturated carbocycles. The molecule has 0 aromatic heterocycles. The first-order valence-electron chi connectivity index (χ1n) is 2.40. The fourth-order valence-electron chi connectivity index (χ4n) is 0.513. The molecule has 0 amide bonds. The van der Waals surface area contributed by atoms with Crippen LogP contribution < -0.4 is 0 Å². The molecular weight excluding hydrogens is 120 g/mol. The summed E-state index contributed by atoms with van der Waals surface area (Å²) in [6, 6.07) is 3.84. The number of rotatable bonds is 0. The van der Waals surface area contributed by atoms with E-state index in [-0.39, 0.29) is 0 Å². The predicted octanol–water partition coefficient (Wildman–Crippen LogP) is 1.24. The number of aromatic hydroxyl groups is 2. The summed E-state index contributed by atoms with van der Waals surface area (Å²) in [6.45, 7) is 0. The van der Waals surface area contributed by atoms with Crippen molar-refractivity contribution in [2.75, 3.05) is 0 Å². The minimum atomic E-state index is -0.725. The van der Waals surface area contributed by atoms with Crippen molar-refractivity contribution in [1.29, 1.82) is 0 Å². The van der Waals surface area contributed by atoms with Crippen LogP contribution in [0, 0.1) is 0 Å². The molecule has 1 aromatic rings. The average molecular weight is 125 g/mol. The van der Waals surface area contributed by atoms with Crippen LogP contribution in [0.3, 0.4) is 0 Å². The van der Waals surface area contributed by atoms with E-state index >= 15 is 0 Å². The largest absolute Gasteiger partial charge is 0.504 e. The van der Waals surface area contributed by atoms with E-state index in [1.807, 2.05) is 0 Å². The van der Waals surface area contributed by atoms with Crippen LogP contribution in [0.1, 0.15) is 0 Å². The van der Waals surface area contributed by atoms with Gasteiger partial charge in [0.15, 0.2) is 11.5 Å². The molecule has 0 aliphatic carbocycles. The lowest BCUT2D eigenvalue weighted by atomic mass is 10.3. The second kappa shape index (κ2) is 1.85. The second-order valence-corrected chi connectivity index (χ2v) is 1.63. The summed E-state index contributed by atoms with van der Waals surface area (Å²) in [5, 5.41) is 27.7. The third-order valence-corrected chi connectivity index (χ3v) is 0.973. The zero-order valence-corrected chi connectivity index (χ0v) is 4.53. The predicted molar refractivity (Wildman–Crippen MR) is 29.9 cm³/mol. The molecule has 2 N–H and O–H groups in total. The van der Waals surface area contributed by atoms with E-state index in [2.05, 4.69) is 0 Å². The Hall–Kier alpha value is -1.38. The van der Waals surface area contributed by atoms with Crippen LogP contribution in [0.15, 0.2) is 18.2 Å². The number of hydrogen-bond acceptors (Lipinski definition) is 2. The van der Waals surface area contributed by atoms with E-state index in [0.717, 1.165) is 0 Å². The minimum Gasteiger partial charge on any atom is -0.504 e. The van der Waals surface area contributed by atoms with E-state index in [1.54, 1.807) is 0 Å². The van der Waals surface area contributed by atoms with Gasteiger partial charge in [0.1, 0.15) is 0 Å². The molecule has 0 unspecified atom stereocenters. The van der Waals surface area contributed by atoms with Gasteiger partial charge < -0.3 is 10.2 Å². The highest BCUT2D eigenvalue weighted by molar-refractivity contribution is 5.47. The maximum absolute atomic E-state index is 10.5. The van der Waals surface area contributed by atoms with Gasteiger partial charge in [0.25, 0.3) is 5.75 Å². The molecule has 0 spiro atoms. The summed E-state index contributed by atoms with van der Waals surface area (Å²) in [7, 11) is 0. The van der Waals surface area contributed by atoms with Gasteiger partial charge in [-0.05, 0) is 12.1 Å². The molecule has 0 aliphatic heterocycles. The first-order chi connectivity index (χ1) is 4.22. The summed E-state index contributed by atoms with van der Waals surface area (Å²) in [5.41, 5.74) is 0. The second-order valence-electron chi connectivity index (χ2n) is 1.63. The number of benzene rings is 1. The highest BCUT2D eigenvalue weighted by Crippen LogP contribution is 2.33. The quantitative estimate of drug-likeness (QED) is 0.548. The van der Waals surface area contributed by atoms with Crippen LogP contribution in [0.4, 0.5) is 0 Å². The van der Waals surface area contributed by atoms with Gasteiger partial charge in [-0.3, -0.25) is 5.11 Å². The summed E-state index contributed by atoms with van der Waals surface area (Å²) in [4.78, 5) is 0. The van der Waals surface area contributed by atoms with Gasteiger partial charge in [-0.2, -0.15) is 0 Å². The van der Waals surface area contributed by atoms with Gasteiger partial charge in [0.2, 0.25) is 0 Å². The first kappa shape index (κ1) is 5.75. The molecule has 0 atom stereocenters. The normalized spacial score (nSPS) is 9.33. The molecular formula is C6H5O3. The van der Waals surface area contributed by atoms with Crippen molar-refractivity contribution < 1.29 is 15.3 Å². The zero-order valence-electron chi connectivity index (χ0n) is 4.53. The van der Waals surface area contributed by atoms with Crippen molar-refractivity contribution in [3.05, 3.63) is 18.2 Å². The Morgan fingerprint density at radius 2 is 1.56 bits per heavy atom. The zero-order chi connectivity index (χ0) is 6.85. The fourth-order valence-corrected chi connectivity index (χ4v) is 0.513. The maximum Gasteiger partial charge on any atom is 0.261 e. The highest BCUT2D eigenvalue weighted by Gasteiger charge is 2.04. The molecule has 0 bridgehead atoms. The van der Waals surface area contributed by atoms with Gasteiger partial charge in [0.05, 0.1) is 0 Å². The summed E-state index contributed by atoms with van der Waals surface area (Å²) < 4.78 is 0. The lowest BCUT2D eigenvalue weighted by Crippen LogP contribution is -1.66. The first-order valence-corrected chi connectivity index (χ1v) is 2.40. The molecule has 0 fully saturated rings. The molecule has 0 saturated heterocycles. The Balaban J connectivity index is 3.25. The van der Waals surface area contributed by atoms with Crippen molar-refractivity contribution >= 4 is 0 Å². The molecule has 0 heterocycles. The molecule has 47 valence electrons. The van der Waals surface area contributed by atoms with E-state index in [9.17, 15) is 5.11 Å². The van der Waals surface area contributed by atoms with Crippen LogP contribution >= 0.6 is 0 Å². The van der Waals surface area contributed by atoms with Gasteiger partial charge in [-0.15, -0.1) is 0 Å². The maximum atomic E-state index is 10.5.